The summed E-state index contributed by atoms with van der Waals surface area (Å²) in [6.07, 6.45) is 4.00. The zero-order valence-corrected chi connectivity index (χ0v) is 13.8. The molecule has 3 atom stereocenters. The van der Waals surface area contributed by atoms with E-state index in [-0.39, 0.29) is 6.04 Å². The number of rotatable bonds is 6. The number of esters is 2. The molecule has 0 aliphatic carbocycles. The lowest BCUT2D eigenvalue weighted by molar-refractivity contribution is -0.169. The predicted molar refractivity (Wildman–Crippen MR) is 86.4 cm³/mol. The van der Waals surface area contributed by atoms with Crippen LogP contribution in [0.2, 0.25) is 0 Å². The first-order valence-electron chi connectivity index (χ1n) is 7.85. The smallest absolute Gasteiger partial charge is 0.347 e. The largest absolute Gasteiger partial charge is 0.466 e. The van der Waals surface area contributed by atoms with Gasteiger partial charge >= 0.3 is 11.9 Å². The highest BCUT2D eigenvalue weighted by Crippen LogP contribution is 2.28. The fraction of sp³-hybridized carbons (Fsp3) is 0.444. The molecule has 1 aliphatic rings. The molecule has 0 saturated carbocycles. The van der Waals surface area contributed by atoms with Crippen LogP contribution in [-0.4, -0.2) is 36.1 Å². The minimum Gasteiger partial charge on any atom is -0.466 e. The molecule has 0 N–H and O–H groups in total. The summed E-state index contributed by atoms with van der Waals surface area (Å²) in [7, 11) is 1.29. The van der Waals surface area contributed by atoms with Gasteiger partial charge in [-0.3, -0.25) is 0 Å². The van der Waals surface area contributed by atoms with E-state index >= 15 is 0 Å². The van der Waals surface area contributed by atoms with Crippen molar-refractivity contribution in [1.82, 2.24) is 4.90 Å². The summed E-state index contributed by atoms with van der Waals surface area (Å²) in [5.74, 6) is -0.913. The molecule has 23 heavy (non-hydrogen) atoms. The highest BCUT2D eigenvalue weighted by atomic mass is 16.6. The zero-order valence-electron chi connectivity index (χ0n) is 13.8. The van der Waals surface area contributed by atoms with Crippen LogP contribution in [-0.2, 0) is 19.1 Å². The molecule has 124 valence electrons. The molecule has 1 aromatic carbocycles. The summed E-state index contributed by atoms with van der Waals surface area (Å²) < 4.78 is 10.0. The zero-order chi connectivity index (χ0) is 16.8. The van der Waals surface area contributed by atoms with Crippen molar-refractivity contribution in [3.8, 4) is 0 Å². The maximum Gasteiger partial charge on any atom is 0.347 e. The second kappa shape index (κ2) is 7.81. The van der Waals surface area contributed by atoms with Crippen molar-refractivity contribution in [1.29, 1.82) is 0 Å². The fourth-order valence-corrected chi connectivity index (χ4v) is 2.71. The number of hydrogen-bond acceptors (Lipinski definition) is 5. The van der Waals surface area contributed by atoms with Crippen LogP contribution in [0.25, 0.3) is 0 Å². The van der Waals surface area contributed by atoms with Crippen LogP contribution in [0.5, 0.6) is 0 Å². The minimum absolute atomic E-state index is 0.0469. The van der Waals surface area contributed by atoms with Gasteiger partial charge in [0.05, 0.1) is 13.2 Å². The van der Waals surface area contributed by atoms with Crippen molar-refractivity contribution < 1.29 is 19.1 Å². The first-order valence-corrected chi connectivity index (χ1v) is 7.85. The van der Waals surface area contributed by atoms with E-state index in [0.717, 1.165) is 5.56 Å². The van der Waals surface area contributed by atoms with E-state index in [4.69, 9.17) is 4.74 Å². The molecule has 0 amide bonds. The fourth-order valence-electron chi connectivity index (χ4n) is 2.71. The average Bonchev–Trinajstić information content (AvgIpc) is 3.08. The van der Waals surface area contributed by atoms with Gasteiger partial charge in [0.2, 0.25) is 0 Å². The Morgan fingerprint density at radius 3 is 2.61 bits per heavy atom. The van der Waals surface area contributed by atoms with Gasteiger partial charge in [0, 0.05) is 0 Å². The number of hydrogen-bond donors (Lipinski definition) is 0. The van der Waals surface area contributed by atoms with E-state index < -0.39 is 24.1 Å². The summed E-state index contributed by atoms with van der Waals surface area (Å²) in [4.78, 5) is 26.0. The Labute approximate surface area is 136 Å². The van der Waals surface area contributed by atoms with Crippen LogP contribution >= 0.6 is 0 Å². The summed E-state index contributed by atoms with van der Waals surface area (Å²) in [5, 5.41) is 0. The van der Waals surface area contributed by atoms with Crippen molar-refractivity contribution in [2.24, 2.45) is 0 Å². The highest BCUT2D eigenvalue weighted by Gasteiger charge is 2.34. The molecule has 5 nitrogen and oxygen atoms in total. The quantitative estimate of drug-likeness (QED) is 0.755. The predicted octanol–water partition coefficient (Wildman–Crippen LogP) is 2.83. The second-order valence-electron chi connectivity index (χ2n) is 5.53. The second-order valence-corrected chi connectivity index (χ2v) is 5.53. The number of benzene rings is 1. The Morgan fingerprint density at radius 2 is 2.00 bits per heavy atom. The van der Waals surface area contributed by atoms with Gasteiger partial charge in [-0.25, -0.2) is 9.59 Å². The third-order valence-corrected chi connectivity index (χ3v) is 4.09. The van der Waals surface area contributed by atoms with Crippen LogP contribution in [0, 0.1) is 0 Å². The van der Waals surface area contributed by atoms with E-state index in [9.17, 15) is 9.59 Å². The molecule has 1 unspecified atom stereocenters. The third kappa shape index (κ3) is 3.92. The number of ether oxygens (including phenoxy) is 2. The number of carbonyl (C=O) groups excluding carboxylic acids is 2. The Hall–Kier alpha value is -2.30. The molecule has 0 fully saturated rings. The molecule has 0 spiro atoms. The standard InChI is InChI=1S/C18H23NO4/c1-4-16(18(21)22-3)23-17(20)15-11-8-12-19(15)13(2)14-9-6-5-7-10-14/h5-10,12-13,15-16H,4,11H2,1-3H3/t13-,15?,16-/m1/s1. The van der Waals surface area contributed by atoms with Crippen LogP contribution in [0.4, 0.5) is 0 Å². The highest BCUT2D eigenvalue weighted by molar-refractivity contribution is 5.82. The van der Waals surface area contributed by atoms with Gasteiger partial charge in [-0.05, 0) is 31.5 Å². The van der Waals surface area contributed by atoms with Crippen LogP contribution in [0.15, 0.2) is 42.6 Å². The molecule has 0 saturated heterocycles. The Kier molecular flexibility index (Phi) is 5.79. The SMILES string of the molecule is CC[C@@H](OC(=O)C1CC=CN1[C@H](C)c1ccccc1)C(=O)OC. The van der Waals surface area contributed by atoms with Crippen LogP contribution in [0.1, 0.15) is 38.3 Å². The van der Waals surface area contributed by atoms with Crippen molar-refractivity contribution in [3.05, 3.63) is 48.2 Å². The lowest BCUT2D eigenvalue weighted by atomic mass is 10.1. The maximum atomic E-state index is 12.5. The molecule has 5 heteroatoms. The molecule has 1 aliphatic heterocycles. The molecule has 0 radical (unpaired) electrons. The van der Waals surface area contributed by atoms with Crippen molar-refractivity contribution >= 4 is 11.9 Å². The maximum absolute atomic E-state index is 12.5. The van der Waals surface area contributed by atoms with Gasteiger partial charge in [0.25, 0.3) is 0 Å². The van der Waals surface area contributed by atoms with Gasteiger partial charge in [-0.2, -0.15) is 0 Å². The molecule has 0 aromatic heterocycles. The third-order valence-electron chi connectivity index (χ3n) is 4.09. The summed E-state index contributed by atoms with van der Waals surface area (Å²) in [6.45, 7) is 3.83. The monoisotopic (exact) mass is 317 g/mol. The van der Waals surface area contributed by atoms with E-state index in [1.165, 1.54) is 7.11 Å². The first kappa shape index (κ1) is 17.1. The van der Waals surface area contributed by atoms with E-state index in [0.29, 0.717) is 12.8 Å². The first-order chi connectivity index (χ1) is 11.1. The van der Waals surface area contributed by atoms with Gasteiger partial charge in [0.1, 0.15) is 6.04 Å². The van der Waals surface area contributed by atoms with Crippen molar-refractivity contribution in [2.75, 3.05) is 7.11 Å². The van der Waals surface area contributed by atoms with Gasteiger partial charge in [-0.15, -0.1) is 0 Å². The van der Waals surface area contributed by atoms with Gasteiger partial charge in [-0.1, -0.05) is 43.3 Å². The molecule has 0 bridgehead atoms. The normalized spacial score (nSPS) is 19.3. The van der Waals surface area contributed by atoms with Gasteiger partial charge < -0.3 is 14.4 Å². The number of methoxy groups -OCH3 is 1. The Morgan fingerprint density at radius 1 is 1.30 bits per heavy atom. The lowest BCUT2D eigenvalue weighted by Crippen LogP contribution is -2.40. The van der Waals surface area contributed by atoms with E-state index in [1.54, 1.807) is 6.92 Å². The number of carbonyl (C=O) groups is 2. The van der Waals surface area contributed by atoms with Crippen LogP contribution < -0.4 is 0 Å². The van der Waals surface area contributed by atoms with Crippen molar-refractivity contribution in [3.63, 3.8) is 0 Å². The van der Waals surface area contributed by atoms with E-state index in [1.807, 2.05) is 54.4 Å². The number of nitrogens with zero attached hydrogens (tertiary/aromatic N) is 1. The molecular weight excluding hydrogens is 294 g/mol. The van der Waals surface area contributed by atoms with Crippen molar-refractivity contribution in [2.45, 2.75) is 44.9 Å². The molecule has 1 heterocycles. The van der Waals surface area contributed by atoms with E-state index in [2.05, 4.69) is 4.74 Å². The summed E-state index contributed by atoms with van der Waals surface area (Å²) in [5.41, 5.74) is 1.12. The lowest BCUT2D eigenvalue weighted by Gasteiger charge is -2.31. The minimum atomic E-state index is -0.845. The molecule has 2 rings (SSSR count). The molecular formula is C18H23NO4. The Balaban J connectivity index is 2.07. The average molecular weight is 317 g/mol. The summed E-state index contributed by atoms with van der Waals surface area (Å²) >= 11 is 0. The Bertz CT molecular complexity index is 570. The molecule has 1 aromatic rings. The van der Waals surface area contributed by atoms with Crippen LogP contribution in [0.3, 0.4) is 0 Å². The summed E-state index contributed by atoms with van der Waals surface area (Å²) in [6, 6.07) is 9.61. The van der Waals surface area contributed by atoms with Gasteiger partial charge in [0.15, 0.2) is 6.10 Å². The topological polar surface area (TPSA) is 55.8 Å².